The molecule has 2 aromatic carbocycles. The first kappa shape index (κ1) is 22.9. The van der Waals surface area contributed by atoms with Gasteiger partial charge < -0.3 is 4.74 Å². The van der Waals surface area contributed by atoms with Crippen molar-refractivity contribution >= 4 is 31.6 Å². The molecule has 0 radical (unpaired) electrons. The summed E-state index contributed by atoms with van der Waals surface area (Å²) in [5, 5.41) is 0. The molecule has 1 saturated heterocycles. The summed E-state index contributed by atoms with van der Waals surface area (Å²) in [5.41, 5.74) is 0.0468. The summed E-state index contributed by atoms with van der Waals surface area (Å²) in [7, 11) is -5.15. The Bertz CT molecular complexity index is 1250. The predicted octanol–water partition coefficient (Wildman–Crippen LogP) is 2.36. The van der Waals surface area contributed by atoms with Crippen molar-refractivity contribution in [3.63, 3.8) is 0 Å². The molecule has 0 aromatic heterocycles. The van der Waals surface area contributed by atoms with Crippen molar-refractivity contribution in [1.82, 2.24) is 4.31 Å². The van der Waals surface area contributed by atoms with Crippen LogP contribution in [-0.4, -0.2) is 54.4 Å². The van der Waals surface area contributed by atoms with Gasteiger partial charge >= 0.3 is 0 Å². The first-order chi connectivity index (χ1) is 15.0. The molecule has 2 aromatic rings. The average Bonchev–Trinajstić information content (AvgIpc) is 3.03. The van der Waals surface area contributed by atoms with Gasteiger partial charge in [-0.1, -0.05) is 18.2 Å². The van der Waals surface area contributed by atoms with Crippen LogP contribution in [0.3, 0.4) is 0 Å². The highest BCUT2D eigenvalue weighted by Gasteiger charge is 2.55. The highest BCUT2D eigenvalue weighted by atomic mass is 32.2. The van der Waals surface area contributed by atoms with Crippen molar-refractivity contribution in [2.24, 2.45) is 5.92 Å². The van der Waals surface area contributed by atoms with Crippen molar-refractivity contribution in [2.75, 3.05) is 31.6 Å². The molecule has 2 aliphatic heterocycles. The molecule has 172 valence electrons. The van der Waals surface area contributed by atoms with Crippen molar-refractivity contribution < 1.29 is 26.4 Å². The maximum absolute atomic E-state index is 13.7. The first-order valence-corrected chi connectivity index (χ1v) is 13.2. The molecule has 10 heteroatoms. The number of anilines is 1. The lowest BCUT2D eigenvalue weighted by Gasteiger charge is -2.35. The Hall–Kier alpha value is -2.27. The Morgan fingerprint density at radius 3 is 2.09 bits per heavy atom. The van der Waals surface area contributed by atoms with Crippen LogP contribution in [0.25, 0.3) is 0 Å². The molecular formula is C22H26N2O6S2. The Morgan fingerprint density at radius 1 is 0.938 bits per heavy atom. The van der Waals surface area contributed by atoms with E-state index in [4.69, 9.17) is 4.74 Å². The summed E-state index contributed by atoms with van der Waals surface area (Å²) < 4.78 is 59.2. The van der Waals surface area contributed by atoms with Gasteiger partial charge in [-0.25, -0.2) is 25.4 Å². The Morgan fingerprint density at radius 2 is 1.50 bits per heavy atom. The van der Waals surface area contributed by atoms with Crippen LogP contribution in [0.1, 0.15) is 25.3 Å². The smallest absolute Gasteiger partial charge is 0.270 e. The van der Waals surface area contributed by atoms with Gasteiger partial charge in [0, 0.05) is 27.3 Å². The van der Waals surface area contributed by atoms with Gasteiger partial charge in [0.2, 0.25) is 10.0 Å². The number of rotatable bonds is 5. The number of sulfonamides is 2. The van der Waals surface area contributed by atoms with Crippen LogP contribution in [-0.2, 0) is 35.0 Å². The molecule has 2 aliphatic rings. The van der Waals surface area contributed by atoms with E-state index in [2.05, 4.69) is 0 Å². The zero-order valence-corrected chi connectivity index (χ0v) is 19.8. The van der Waals surface area contributed by atoms with Gasteiger partial charge in [0.05, 0.1) is 20.9 Å². The van der Waals surface area contributed by atoms with Crippen molar-refractivity contribution in [2.45, 2.75) is 35.0 Å². The third kappa shape index (κ3) is 3.37. The lowest BCUT2D eigenvalue weighted by molar-refractivity contribution is -0.124. The summed E-state index contributed by atoms with van der Waals surface area (Å²) in [5.74, 6) is -0.534. The summed E-state index contributed by atoms with van der Waals surface area (Å²) in [4.78, 5) is 13.6. The number of carbonyl (C=O) groups is 1. The molecule has 0 aliphatic carbocycles. The molecule has 32 heavy (non-hydrogen) atoms. The molecule has 0 bridgehead atoms. The fourth-order valence-electron chi connectivity index (χ4n) is 4.53. The van der Waals surface area contributed by atoms with Gasteiger partial charge in [-0.05, 0) is 61.6 Å². The minimum Gasteiger partial charge on any atom is -0.381 e. The molecule has 1 fully saturated rings. The molecule has 1 unspecified atom stereocenters. The second kappa shape index (κ2) is 7.95. The van der Waals surface area contributed by atoms with Gasteiger partial charge in [0.15, 0.2) is 0 Å². The number of para-hydroxylation sites is 1. The molecule has 0 N–H and O–H groups in total. The number of hydrogen-bond donors (Lipinski definition) is 0. The minimum atomic E-state index is -4.25. The fraction of sp³-hybridized carbons (Fsp3) is 0.409. The van der Waals surface area contributed by atoms with E-state index in [0.717, 1.165) is 8.61 Å². The third-order valence-electron chi connectivity index (χ3n) is 6.49. The number of hydrogen-bond acceptors (Lipinski definition) is 6. The Kier molecular flexibility index (Phi) is 5.69. The van der Waals surface area contributed by atoms with E-state index in [0.29, 0.717) is 37.3 Å². The summed E-state index contributed by atoms with van der Waals surface area (Å²) in [6, 6.07) is 11.9. The normalized spacial score (nSPS) is 22.4. The summed E-state index contributed by atoms with van der Waals surface area (Å²) >= 11 is 0. The van der Waals surface area contributed by atoms with Gasteiger partial charge in [-0.15, -0.1) is 0 Å². The molecule has 0 spiro atoms. The van der Waals surface area contributed by atoms with Crippen LogP contribution in [0.2, 0.25) is 0 Å². The molecule has 1 amide bonds. The standard InChI is InChI=1S/C22H26N2O6S2/c1-22(16-12-14-30-15-13-16)19-6-4-5-7-20(19)24(21(22)25)32(28,29)18-10-8-17(9-11-18)31(26,27)23(2)3/h4-11,16H,12-15H2,1-3H3. The van der Waals surface area contributed by atoms with Crippen LogP contribution in [0.4, 0.5) is 5.69 Å². The van der Waals surface area contributed by atoms with E-state index in [1.54, 1.807) is 18.2 Å². The number of amides is 1. The van der Waals surface area contributed by atoms with Crippen LogP contribution < -0.4 is 4.31 Å². The quantitative estimate of drug-likeness (QED) is 0.654. The van der Waals surface area contributed by atoms with E-state index in [-0.39, 0.29) is 15.7 Å². The van der Waals surface area contributed by atoms with E-state index in [1.807, 2.05) is 13.0 Å². The fourth-order valence-corrected chi connectivity index (χ4v) is 6.95. The second-order valence-corrected chi connectivity index (χ2v) is 12.4. The van der Waals surface area contributed by atoms with Crippen LogP contribution >= 0.6 is 0 Å². The monoisotopic (exact) mass is 478 g/mol. The van der Waals surface area contributed by atoms with Gasteiger partial charge in [0.25, 0.3) is 15.9 Å². The number of benzene rings is 2. The van der Waals surface area contributed by atoms with Gasteiger partial charge in [0.1, 0.15) is 0 Å². The van der Waals surface area contributed by atoms with Crippen LogP contribution in [0.5, 0.6) is 0 Å². The number of nitrogens with zero attached hydrogens (tertiary/aromatic N) is 2. The maximum Gasteiger partial charge on any atom is 0.270 e. The van der Waals surface area contributed by atoms with E-state index in [1.165, 1.54) is 38.4 Å². The van der Waals surface area contributed by atoms with Crippen molar-refractivity contribution in [1.29, 1.82) is 0 Å². The van der Waals surface area contributed by atoms with Crippen LogP contribution in [0, 0.1) is 5.92 Å². The average molecular weight is 479 g/mol. The topological polar surface area (TPSA) is 101 Å². The molecule has 1 atom stereocenters. The highest BCUT2D eigenvalue weighted by molar-refractivity contribution is 7.93. The molecule has 8 nitrogen and oxygen atoms in total. The maximum atomic E-state index is 13.7. The zero-order chi connectivity index (χ0) is 23.3. The molecule has 2 heterocycles. The van der Waals surface area contributed by atoms with Crippen molar-refractivity contribution in [3.05, 3.63) is 54.1 Å². The van der Waals surface area contributed by atoms with Gasteiger partial charge in [-0.2, -0.15) is 0 Å². The Balaban J connectivity index is 1.78. The third-order valence-corrected chi connectivity index (χ3v) is 10.0. The van der Waals surface area contributed by atoms with E-state index < -0.39 is 31.4 Å². The second-order valence-electron chi connectivity index (χ2n) is 8.44. The zero-order valence-electron chi connectivity index (χ0n) is 18.2. The van der Waals surface area contributed by atoms with Crippen LogP contribution in [0.15, 0.2) is 58.3 Å². The lowest BCUT2D eigenvalue weighted by atomic mass is 9.69. The van der Waals surface area contributed by atoms with E-state index >= 15 is 0 Å². The number of ether oxygens (including phenoxy) is 1. The molecule has 4 rings (SSSR count). The highest BCUT2D eigenvalue weighted by Crippen LogP contribution is 2.50. The minimum absolute atomic E-state index is 0.0263. The summed E-state index contributed by atoms with van der Waals surface area (Å²) in [6.45, 7) is 2.88. The van der Waals surface area contributed by atoms with Gasteiger partial charge in [-0.3, -0.25) is 4.79 Å². The first-order valence-electron chi connectivity index (χ1n) is 10.3. The number of carbonyl (C=O) groups excluding carboxylic acids is 1. The Labute approximate surface area is 188 Å². The predicted molar refractivity (Wildman–Crippen MR) is 119 cm³/mol. The molecular weight excluding hydrogens is 452 g/mol. The van der Waals surface area contributed by atoms with Crippen molar-refractivity contribution in [3.8, 4) is 0 Å². The SMILES string of the molecule is CN(C)S(=O)(=O)c1ccc(S(=O)(=O)N2C(=O)C(C)(C3CCOCC3)c3ccccc32)cc1. The lowest BCUT2D eigenvalue weighted by Crippen LogP contribution is -2.47. The van der Waals surface area contributed by atoms with E-state index in [9.17, 15) is 21.6 Å². The number of fused-ring (bicyclic) bond motifs is 1. The summed E-state index contributed by atoms with van der Waals surface area (Å²) in [6.07, 6.45) is 1.34. The largest absolute Gasteiger partial charge is 0.381 e. The molecule has 0 saturated carbocycles.